The largest absolute Gasteiger partial charge is 0.461 e. The molecule has 0 aliphatic rings. The Balaban J connectivity index is 2.67. The van der Waals surface area contributed by atoms with E-state index in [1.54, 1.807) is 12.3 Å². The van der Waals surface area contributed by atoms with Gasteiger partial charge in [-0.05, 0) is 13.3 Å². The number of hydrogen-bond donors (Lipinski definition) is 0. The third-order valence-electron chi connectivity index (χ3n) is 1.86. The second kappa shape index (κ2) is 5.70. The molecule has 0 unspecified atom stereocenters. The first kappa shape index (κ1) is 12.0. The predicted octanol–water partition coefficient (Wildman–Crippen LogP) is 2.17. The van der Waals surface area contributed by atoms with Crippen molar-refractivity contribution in [2.75, 3.05) is 25.1 Å². The second-order valence-electron chi connectivity index (χ2n) is 3.16. The van der Waals surface area contributed by atoms with Crippen molar-refractivity contribution in [3.8, 4) is 0 Å². The zero-order valence-electron chi connectivity index (χ0n) is 9.32. The molecule has 1 aromatic rings. The molecule has 5 heteroatoms. The van der Waals surface area contributed by atoms with Crippen LogP contribution in [0.2, 0.25) is 0 Å². The zero-order chi connectivity index (χ0) is 11.3. The van der Waals surface area contributed by atoms with Crippen molar-refractivity contribution in [2.24, 2.45) is 0 Å². The van der Waals surface area contributed by atoms with Crippen LogP contribution in [0.1, 0.15) is 30.8 Å². The van der Waals surface area contributed by atoms with Crippen LogP contribution in [0.4, 0.5) is 5.13 Å². The molecule has 0 spiro atoms. The lowest BCUT2D eigenvalue weighted by Crippen LogP contribution is -2.17. The highest BCUT2D eigenvalue weighted by Gasteiger charge is 2.13. The van der Waals surface area contributed by atoms with Gasteiger partial charge in [-0.3, -0.25) is 0 Å². The van der Waals surface area contributed by atoms with Gasteiger partial charge < -0.3 is 9.64 Å². The Morgan fingerprint density at radius 2 is 2.33 bits per heavy atom. The summed E-state index contributed by atoms with van der Waals surface area (Å²) in [5, 5.41) is 2.60. The van der Waals surface area contributed by atoms with E-state index in [0.717, 1.165) is 18.1 Å². The van der Waals surface area contributed by atoms with Gasteiger partial charge in [-0.15, -0.1) is 11.3 Å². The summed E-state index contributed by atoms with van der Waals surface area (Å²) in [4.78, 5) is 17.6. The van der Waals surface area contributed by atoms with E-state index in [4.69, 9.17) is 4.74 Å². The maximum absolute atomic E-state index is 11.3. The average Bonchev–Trinajstić information content (AvgIpc) is 2.67. The number of rotatable bonds is 5. The van der Waals surface area contributed by atoms with E-state index >= 15 is 0 Å². The SMILES string of the molecule is CCCN(C)c1nc(C(=O)OCC)cs1. The van der Waals surface area contributed by atoms with Gasteiger partial charge in [0.1, 0.15) is 0 Å². The molecule has 0 aliphatic heterocycles. The summed E-state index contributed by atoms with van der Waals surface area (Å²) < 4.78 is 4.87. The predicted molar refractivity (Wildman–Crippen MR) is 61.6 cm³/mol. The molecule has 1 rings (SSSR count). The number of anilines is 1. The molecule has 84 valence electrons. The molecule has 0 saturated heterocycles. The molecular weight excluding hydrogens is 212 g/mol. The highest BCUT2D eigenvalue weighted by molar-refractivity contribution is 7.13. The summed E-state index contributed by atoms with van der Waals surface area (Å²) >= 11 is 1.47. The van der Waals surface area contributed by atoms with Crippen LogP contribution < -0.4 is 4.90 Å². The topological polar surface area (TPSA) is 42.4 Å². The Morgan fingerprint density at radius 1 is 1.60 bits per heavy atom. The number of thiazole rings is 1. The van der Waals surface area contributed by atoms with Gasteiger partial charge in [0.05, 0.1) is 6.61 Å². The van der Waals surface area contributed by atoms with Crippen molar-refractivity contribution in [1.82, 2.24) is 4.98 Å². The van der Waals surface area contributed by atoms with E-state index in [0.29, 0.717) is 12.3 Å². The molecule has 0 amide bonds. The first-order chi connectivity index (χ1) is 7.19. The number of nitrogens with zero attached hydrogens (tertiary/aromatic N) is 2. The molecule has 0 aromatic carbocycles. The Bertz CT molecular complexity index is 325. The van der Waals surface area contributed by atoms with Crippen LogP contribution in [0.15, 0.2) is 5.38 Å². The van der Waals surface area contributed by atoms with Gasteiger partial charge in [-0.25, -0.2) is 9.78 Å². The van der Waals surface area contributed by atoms with Crippen molar-refractivity contribution < 1.29 is 9.53 Å². The van der Waals surface area contributed by atoms with E-state index in [2.05, 4.69) is 11.9 Å². The fraction of sp³-hybridized carbons (Fsp3) is 0.600. The van der Waals surface area contributed by atoms with Crippen molar-refractivity contribution >= 4 is 22.4 Å². The minimum absolute atomic E-state index is 0.343. The molecule has 0 saturated carbocycles. The van der Waals surface area contributed by atoms with Crippen LogP contribution in [0, 0.1) is 0 Å². The van der Waals surface area contributed by atoms with Crippen LogP contribution in [-0.4, -0.2) is 31.2 Å². The Morgan fingerprint density at radius 3 is 2.93 bits per heavy atom. The Labute approximate surface area is 93.9 Å². The summed E-state index contributed by atoms with van der Waals surface area (Å²) in [6, 6.07) is 0. The molecule has 1 aromatic heterocycles. The highest BCUT2D eigenvalue weighted by Crippen LogP contribution is 2.19. The maximum atomic E-state index is 11.3. The van der Waals surface area contributed by atoms with Gasteiger partial charge in [-0.1, -0.05) is 6.92 Å². The standard InChI is InChI=1S/C10H16N2O2S/c1-4-6-12(3)10-11-8(7-15-10)9(13)14-5-2/h7H,4-6H2,1-3H3. The van der Waals surface area contributed by atoms with Gasteiger partial charge in [0.15, 0.2) is 10.8 Å². The van der Waals surface area contributed by atoms with Crippen LogP contribution in [0.5, 0.6) is 0 Å². The molecule has 0 radical (unpaired) electrons. The van der Waals surface area contributed by atoms with Crippen molar-refractivity contribution in [2.45, 2.75) is 20.3 Å². The second-order valence-corrected chi connectivity index (χ2v) is 3.99. The Kier molecular flexibility index (Phi) is 4.55. The van der Waals surface area contributed by atoms with Crippen molar-refractivity contribution in [3.63, 3.8) is 0 Å². The molecule has 0 bridgehead atoms. The first-order valence-electron chi connectivity index (χ1n) is 5.02. The quantitative estimate of drug-likeness (QED) is 0.724. The van der Waals surface area contributed by atoms with E-state index in [-0.39, 0.29) is 5.97 Å². The number of hydrogen-bond acceptors (Lipinski definition) is 5. The van der Waals surface area contributed by atoms with E-state index in [9.17, 15) is 4.79 Å². The minimum atomic E-state index is -0.343. The van der Waals surface area contributed by atoms with E-state index in [1.165, 1.54) is 11.3 Å². The van der Waals surface area contributed by atoms with Gasteiger partial charge in [0.2, 0.25) is 0 Å². The third kappa shape index (κ3) is 3.20. The summed E-state index contributed by atoms with van der Waals surface area (Å²) in [6.45, 7) is 5.22. The van der Waals surface area contributed by atoms with Crippen molar-refractivity contribution in [1.29, 1.82) is 0 Å². The first-order valence-corrected chi connectivity index (χ1v) is 5.90. The third-order valence-corrected chi connectivity index (χ3v) is 2.82. The molecule has 1 heterocycles. The molecular formula is C10H16N2O2S. The lowest BCUT2D eigenvalue weighted by Gasteiger charge is -2.13. The van der Waals surface area contributed by atoms with Crippen LogP contribution >= 0.6 is 11.3 Å². The molecule has 0 atom stereocenters. The minimum Gasteiger partial charge on any atom is -0.461 e. The van der Waals surface area contributed by atoms with Gasteiger partial charge >= 0.3 is 5.97 Å². The monoisotopic (exact) mass is 228 g/mol. The van der Waals surface area contributed by atoms with E-state index in [1.807, 2.05) is 11.9 Å². The van der Waals surface area contributed by atoms with Crippen molar-refractivity contribution in [3.05, 3.63) is 11.1 Å². The van der Waals surface area contributed by atoms with Gasteiger partial charge in [0.25, 0.3) is 0 Å². The van der Waals surface area contributed by atoms with Crippen LogP contribution in [0.25, 0.3) is 0 Å². The lowest BCUT2D eigenvalue weighted by atomic mass is 10.4. The van der Waals surface area contributed by atoms with Crippen LogP contribution in [0.3, 0.4) is 0 Å². The summed E-state index contributed by atoms with van der Waals surface area (Å²) in [7, 11) is 1.97. The number of esters is 1. The van der Waals surface area contributed by atoms with Gasteiger partial charge in [0, 0.05) is 19.0 Å². The molecule has 0 N–H and O–H groups in total. The highest BCUT2D eigenvalue weighted by atomic mass is 32.1. The lowest BCUT2D eigenvalue weighted by molar-refractivity contribution is 0.0520. The number of carbonyl (C=O) groups excluding carboxylic acids is 1. The summed E-state index contributed by atoms with van der Waals surface area (Å²) in [6.07, 6.45) is 1.06. The van der Waals surface area contributed by atoms with Crippen LogP contribution in [-0.2, 0) is 4.74 Å². The maximum Gasteiger partial charge on any atom is 0.357 e. The fourth-order valence-corrected chi connectivity index (χ4v) is 1.96. The average molecular weight is 228 g/mol. The van der Waals surface area contributed by atoms with Gasteiger partial charge in [-0.2, -0.15) is 0 Å². The fourth-order valence-electron chi connectivity index (χ4n) is 1.17. The number of aromatic nitrogens is 1. The number of carbonyl (C=O) groups is 1. The summed E-state index contributed by atoms with van der Waals surface area (Å²) in [5.41, 5.74) is 0.403. The number of ether oxygens (including phenoxy) is 1. The summed E-state index contributed by atoms with van der Waals surface area (Å²) in [5.74, 6) is -0.343. The zero-order valence-corrected chi connectivity index (χ0v) is 10.1. The van der Waals surface area contributed by atoms with E-state index < -0.39 is 0 Å². The molecule has 4 nitrogen and oxygen atoms in total. The normalized spacial score (nSPS) is 10.1. The molecule has 15 heavy (non-hydrogen) atoms. The smallest absolute Gasteiger partial charge is 0.357 e. The Hall–Kier alpha value is -1.10. The molecule has 0 aliphatic carbocycles. The molecule has 0 fully saturated rings.